The number of pyridine rings is 1. The van der Waals surface area contributed by atoms with Crippen molar-refractivity contribution in [1.82, 2.24) is 9.88 Å². The van der Waals surface area contributed by atoms with Crippen LogP contribution in [0.2, 0.25) is 0 Å². The SMILES string of the molecule is Cc1c(C(=O)N[C@H](c2cccc(F)c2)C2CC2)c2cccc(F)c2c(=O)n1C(C)C. The molecule has 6 heteroatoms. The first-order chi connectivity index (χ1) is 14.3. The van der Waals surface area contributed by atoms with Crippen molar-refractivity contribution in [3.05, 3.63) is 81.3 Å². The van der Waals surface area contributed by atoms with E-state index >= 15 is 0 Å². The summed E-state index contributed by atoms with van der Waals surface area (Å²) < 4.78 is 29.8. The first kappa shape index (κ1) is 20.3. The predicted molar refractivity (Wildman–Crippen MR) is 113 cm³/mol. The maximum Gasteiger partial charge on any atom is 0.261 e. The molecule has 1 N–H and O–H groups in total. The summed E-state index contributed by atoms with van der Waals surface area (Å²) in [5.41, 5.74) is 1.02. The van der Waals surface area contributed by atoms with Gasteiger partial charge in [-0.25, -0.2) is 8.78 Å². The van der Waals surface area contributed by atoms with E-state index in [-0.39, 0.29) is 34.8 Å². The summed E-state index contributed by atoms with van der Waals surface area (Å²) in [7, 11) is 0. The number of halogens is 2. The van der Waals surface area contributed by atoms with Crippen molar-refractivity contribution in [1.29, 1.82) is 0 Å². The van der Waals surface area contributed by atoms with Crippen molar-refractivity contribution < 1.29 is 13.6 Å². The van der Waals surface area contributed by atoms with Gasteiger partial charge < -0.3 is 9.88 Å². The summed E-state index contributed by atoms with van der Waals surface area (Å²) in [5, 5.41) is 3.24. The zero-order valence-electron chi connectivity index (χ0n) is 17.2. The van der Waals surface area contributed by atoms with Crippen molar-refractivity contribution >= 4 is 16.7 Å². The first-order valence-electron chi connectivity index (χ1n) is 10.2. The molecular formula is C24H24F2N2O2. The van der Waals surface area contributed by atoms with Crippen LogP contribution in [0.15, 0.2) is 47.3 Å². The zero-order valence-corrected chi connectivity index (χ0v) is 17.2. The lowest BCUT2D eigenvalue weighted by molar-refractivity contribution is 0.0931. The number of fused-ring (bicyclic) bond motifs is 1. The van der Waals surface area contributed by atoms with Gasteiger partial charge >= 0.3 is 0 Å². The third kappa shape index (κ3) is 3.51. The van der Waals surface area contributed by atoms with Gasteiger partial charge in [0.25, 0.3) is 11.5 Å². The molecule has 4 rings (SSSR count). The van der Waals surface area contributed by atoms with Crippen LogP contribution in [0, 0.1) is 24.5 Å². The van der Waals surface area contributed by atoms with Crippen molar-refractivity contribution in [3.63, 3.8) is 0 Å². The maximum absolute atomic E-state index is 14.6. The van der Waals surface area contributed by atoms with Gasteiger partial charge in [0, 0.05) is 17.1 Å². The molecule has 1 amide bonds. The van der Waals surface area contributed by atoms with Crippen LogP contribution >= 0.6 is 0 Å². The van der Waals surface area contributed by atoms with Gasteiger partial charge in [0.05, 0.1) is 17.0 Å². The summed E-state index contributed by atoms with van der Waals surface area (Å²) >= 11 is 0. The van der Waals surface area contributed by atoms with E-state index in [4.69, 9.17) is 0 Å². The lowest BCUT2D eigenvalue weighted by Gasteiger charge is -2.23. The number of carbonyl (C=O) groups excluding carboxylic acids is 1. The molecule has 1 aromatic heterocycles. The Morgan fingerprint density at radius 3 is 2.47 bits per heavy atom. The van der Waals surface area contributed by atoms with E-state index in [2.05, 4.69) is 5.32 Å². The number of amides is 1. The molecular weight excluding hydrogens is 386 g/mol. The molecule has 4 nitrogen and oxygen atoms in total. The highest BCUT2D eigenvalue weighted by Gasteiger charge is 2.34. The largest absolute Gasteiger partial charge is 0.345 e. The van der Waals surface area contributed by atoms with Crippen molar-refractivity contribution in [2.45, 2.75) is 45.7 Å². The number of hydrogen-bond donors (Lipinski definition) is 1. The lowest BCUT2D eigenvalue weighted by Crippen LogP contribution is -2.34. The van der Waals surface area contributed by atoms with Crippen LogP contribution in [0.1, 0.15) is 60.4 Å². The molecule has 0 aliphatic heterocycles. The number of benzene rings is 2. The summed E-state index contributed by atoms with van der Waals surface area (Å²) in [6, 6.07) is 9.97. The topological polar surface area (TPSA) is 51.1 Å². The number of carbonyl (C=O) groups is 1. The van der Waals surface area contributed by atoms with Crippen LogP contribution in [0.5, 0.6) is 0 Å². The van der Waals surface area contributed by atoms with Gasteiger partial charge in [-0.05, 0) is 63.3 Å². The van der Waals surface area contributed by atoms with E-state index in [1.54, 1.807) is 25.1 Å². The maximum atomic E-state index is 14.6. The normalized spacial score (nSPS) is 14.9. The Hall–Kier alpha value is -3.02. The molecule has 0 radical (unpaired) electrons. The molecule has 1 saturated carbocycles. The highest BCUT2D eigenvalue weighted by Crippen LogP contribution is 2.41. The third-order valence-corrected chi connectivity index (χ3v) is 5.77. The Bertz CT molecular complexity index is 1200. The van der Waals surface area contributed by atoms with E-state index in [1.807, 2.05) is 13.8 Å². The smallest absolute Gasteiger partial charge is 0.261 e. The Labute approximate surface area is 173 Å². The molecule has 0 bridgehead atoms. The zero-order chi connectivity index (χ0) is 21.6. The standard InChI is InChI=1S/C24H24F2N2O2/c1-13(2)28-14(3)20(18-8-5-9-19(26)21(18)24(28)30)23(29)27-22(15-10-11-15)16-6-4-7-17(25)12-16/h4-9,12-13,15,22H,10-11H2,1-3H3,(H,27,29)/t22-/m0/s1. The minimum atomic E-state index is -0.648. The lowest BCUT2D eigenvalue weighted by atomic mass is 9.99. The van der Waals surface area contributed by atoms with Crippen LogP contribution in [-0.4, -0.2) is 10.5 Å². The average Bonchev–Trinajstić information content (AvgIpc) is 3.50. The Balaban J connectivity index is 1.85. The van der Waals surface area contributed by atoms with Crippen LogP contribution in [-0.2, 0) is 0 Å². The molecule has 1 aliphatic rings. The Kier molecular flexibility index (Phi) is 5.18. The fourth-order valence-electron chi connectivity index (χ4n) is 4.26. The second kappa shape index (κ2) is 7.67. The Morgan fingerprint density at radius 1 is 1.13 bits per heavy atom. The average molecular weight is 410 g/mol. The monoisotopic (exact) mass is 410 g/mol. The second-order valence-corrected chi connectivity index (χ2v) is 8.24. The number of rotatable bonds is 5. The minimum Gasteiger partial charge on any atom is -0.345 e. The van der Waals surface area contributed by atoms with E-state index in [1.165, 1.54) is 28.8 Å². The van der Waals surface area contributed by atoms with Crippen molar-refractivity contribution in [3.8, 4) is 0 Å². The fourth-order valence-corrected chi connectivity index (χ4v) is 4.26. The fraction of sp³-hybridized carbons (Fsp3) is 0.333. The summed E-state index contributed by atoms with van der Waals surface area (Å²) in [6.45, 7) is 5.35. The predicted octanol–water partition coefficient (Wildman–Crippen LogP) is 5.05. The van der Waals surface area contributed by atoms with E-state index in [9.17, 15) is 18.4 Å². The molecule has 1 fully saturated rings. The van der Waals surface area contributed by atoms with Crippen LogP contribution in [0.4, 0.5) is 8.78 Å². The molecule has 3 aromatic rings. The van der Waals surface area contributed by atoms with E-state index in [0.29, 0.717) is 16.6 Å². The quantitative estimate of drug-likeness (QED) is 0.640. The summed E-state index contributed by atoms with van der Waals surface area (Å²) in [5.74, 6) is -1.16. The third-order valence-electron chi connectivity index (χ3n) is 5.77. The number of hydrogen-bond acceptors (Lipinski definition) is 2. The summed E-state index contributed by atoms with van der Waals surface area (Å²) in [4.78, 5) is 26.4. The molecule has 30 heavy (non-hydrogen) atoms. The van der Waals surface area contributed by atoms with E-state index in [0.717, 1.165) is 12.8 Å². The molecule has 2 aromatic carbocycles. The molecule has 156 valence electrons. The van der Waals surface area contributed by atoms with Crippen LogP contribution < -0.4 is 10.9 Å². The highest BCUT2D eigenvalue weighted by molar-refractivity contribution is 6.08. The highest BCUT2D eigenvalue weighted by atomic mass is 19.1. The van der Waals surface area contributed by atoms with Crippen LogP contribution in [0.3, 0.4) is 0 Å². The minimum absolute atomic E-state index is 0.0873. The number of aromatic nitrogens is 1. The molecule has 0 spiro atoms. The first-order valence-corrected chi connectivity index (χ1v) is 10.2. The van der Waals surface area contributed by atoms with Crippen LogP contribution in [0.25, 0.3) is 10.8 Å². The number of nitrogens with one attached hydrogen (secondary N) is 1. The van der Waals surface area contributed by atoms with Gasteiger partial charge in [-0.15, -0.1) is 0 Å². The molecule has 1 atom stereocenters. The molecule has 0 unspecified atom stereocenters. The van der Waals surface area contributed by atoms with Crippen molar-refractivity contribution in [2.24, 2.45) is 5.92 Å². The Morgan fingerprint density at radius 2 is 1.83 bits per heavy atom. The van der Waals surface area contributed by atoms with E-state index < -0.39 is 17.3 Å². The van der Waals surface area contributed by atoms with Gasteiger partial charge in [0.2, 0.25) is 0 Å². The van der Waals surface area contributed by atoms with Gasteiger partial charge in [0.1, 0.15) is 11.6 Å². The van der Waals surface area contributed by atoms with Gasteiger partial charge in [-0.1, -0.05) is 24.3 Å². The van der Waals surface area contributed by atoms with Gasteiger partial charge in [0.15, 0.2) is 0 Å². The number of nitrogens with zero attached hydrogens (tertiary/aromatic N) is 1. The molecule has 1 aliphatic carbocycles. The molecule has 0 saturated heterocycles. The second-order valence-electron chi connectivity index (χ2n) is 8.24. The van der Waals surface area contributed by atoms with Gasteiger partial charge in [-0.3, -0.25) is 9.59 Å². The molecule has 1 heterocycles. The van der Waals surface area contributed by atoms with Gasteiger partial charge in [-0.2, -0.15) is 0 Å². The van der Waals surface area contributed by atoms with Crippen molar-refractivity contribution in [2.75, 3.05) is 0 Å². The summed E-state index contributed by atoms with van der Waals surface area (Å²) in [6.07, 6.45) is 1.89.